The van der Waals surface area contributed by atoms with E-state index in [4.69, 9.17) is 5.73 Å². The summed E-state index contributed by atoms with van der Waals surface area (Å²) in [6.45, 7) is 7.35. The van der Waals surface area contributed by atoms with Crippen LogP contribution in [0.15, 0.2) is 18.2 Å². The van der Waals surface area contributed by atoms with Crippen LogP contribution in [0.5, 0.6) is 0 Å². The van der Waals surface area contributed by atoms with Crippen LogP contribution in [0.1, 0.15) is 48.2 Å². The fourth-order valence-corrected chi connectivity index (χ4v) is 1.91. The molecule has 0 spiro atoms. The molecule has 3 N–H and O–H groups in total. The lowest BCUT2D eigenvalue weighted by Crippen LogP contribution is -2.25. The van der Waals surface area contributed by atoms with Crippen molar-refractivity contribution in [3.8, 4) is 11.8 Å². The summed E-state index contributed by atoms with van der Waals surface area (Å²) in [6.07, 6.45) is 2.12. The van der Waals surface area contributed by atoms with Crippen molar-refractivity contribution in [3.63, 3.8) is 0 Å². The summed E-state index contributed by atoms with van der Waals surface area (Å²) < 4.78 is 0. The lowest BCUT2D eigenvalue weighted by molar-refractivity contribution is 0.0952. The predicted molar refractivity (Wildman–Crippen MR) is 83.5 cm³/mol. The van der Waals surface area contributed by atoms with Gasteiger partial charge in [0.25, 0.3) is 5.91 Å². The lowest BCUT2D eigenvalue weighted by atomic mass is 10.0. The number of nitrogens with two attached hydrogens (primary N) is 1. The highest BCUT2D eigenvalue weighted by atomic mass is 16.1. The summed E-state index contributed by atoms with van der Waals surface area (Å²) in [6, 6.07) is 5.68. The van der Waals surface area contributed by atoms with Gasteiger partial charge < -0.3 is 11.1 Å². The van der Waals surface area contributed by atoms with E-state index in [0.29, 0.717) is 24.6 Å². The van der Waals surface area contributed by atoms with Gasteiger partial charge in [0.05, 0.1) is 12.1 Å². The number of hydrogen-bond donors (Lipinski definition) is 2. The van der Waals surface area contributed by atoms with Crippen LogP contribution in [0, 0.1) is 24.7 Å². The summed E-state index contributed by atoms with van der Waals surface area (Å²) in [5, 5.41) is 2.95. The Kier molecular flexibility index (Phi) is 6.83. The molecule has 0 fully saturated rings. The van der Waals surface area contributed by atoms with Crippen LogP contribution >= 0.6 is 0 Å². The van der Waals surface area contributed by atoms with Gasteiger partial charge >= 0.3 is 0 Å². The second kappa shape index (κ2) is 8.39. The molecular formula is C17H24N2O. The molecule has 1 aromatic rings. The molecule has 1 rings (SSSR count). The van der Waals surface area contributed by atoms with Gasteiger partial charge in [-0.25, -0.2) is 0 Å². The zero-order valence-electron chi connectivity index (χ0n) is 12.6. The molecule has 0 radical (unpaired) electrons. The summed E-state index contributed by atoms with van der Waals surface area (Å²) in [5.41, 5.74) is 7.85. The maximum Gasteiger partial charge on any atom is 0.252 e. The van der Waals surface area contributed by atoms with Crippen LogP contribution in [-0.4, -0.2) is 19.0 Å². The molecule has 0 aliphatic rings. The van der Waals surface area contributed by atoms with Crippen LogP contribution in [0.25, 0.3) is 0 Å². The first-order valence-corrected chi connectivity index (χ1v) is 7.12. The highest BCUT2D eigenvalue weighted by molar-refractivity contribution is 5.96. The molecule has 0 bridgehead atoms. The third kappa shape index (κ3) is 5.46. The van der Waals surface area contributed by atoms with Crippen LogP contribution < -0.4 is 11.1 Å². The zero-order chi connectivity index (χ0) is 15.0. The normalized spacial score (nSPS) is 10.1. The summed E-state index contributed by atoms with van der Waals surface area (Å²) >= 11 is 0. The average molecular weight is 272 g/mol. The minimum atomic E-state index is -0.0601. The summed E-state index contributed by atoms with van der Waals surface area (Å²) in [4.78, 5) is 12.2. The predicted octanol–water partition coefficient (Wildman–Crippen LogP) is 2.47. The minimum Gasteiger partial charge on any atom is -0.352 e. The monoisotopic (exact) mass is 272 g/mol. The minimum absolute atomic E-state index is 0.0601. The Morgan fingerprint density at radius 2 is 2.15 bits per heavy atom. The second-order valence-electron chi connectivity index (χ2n) is 5.35. The van der Waals surface area contributed by atoms with E-state index in [0.717, 1.165) is 24.0 Å². The summed E-state index contributed by atoms with van der Waals surface area (Å²) in [5.74, 6) is 6.38. The van der Waals surface area contributed by atoms with Crippen molar-refractivity contribution in [2.45, 2.75) is 33.6 Å². The number of carbonyl (C=O) groups is 1. The fourth-order valence-electron chi connectivity index (χ4n) is 1.91. The number of nitrogens with one attached hydrogen (secondary N) is 1. The molecule has 0 unspecified atom stereocenters. The number of amides is 1. The van der Waals surface area contributed by atoms with Gasteiger partial charge in [-0.2, -0.15) is 0 Å². The van der Waals surface area contributed by atoms with Gasteiger partial charge in [-0.1, -0.05) is 31.8 Å². The average Bonchev–Trinajstić information content (AvgIpc) is 2.41. The molecule has 0 aromatic heterocycles. The van der Waals surface area contributed by atoms with Crippen LogP contribution in [0.3, 0.4) is 0 Å². The van der Waals surface area contributed by atoms with Gasteiger partial charge in [-0.15, -0.1) is 0 Å². The van der Waals surface area contributed by atoms with Gasteiger partial charge in [0.2, 0.25) is 0 Å². The highest BCUT2D eigenvalue weighted by Gasteiger charge is 2.09. The highest BCUT2D eigenvalue weighted by Crippen LogP contribution is 2.11. The standard InChI is InChI=1S/C17H24N2O/c1-13(2)6-5-11-19-17(20)16-9-8-14(3)12-15(16)7-4-10-18/h8-9,12-13H,5-6,10-11,18H2,1-3H3,(H,19,20). The lowest BCUT2D eigenvalue weighted by Gasteiger charge is -2.09. The Bertz CT molecular complexity index is 509. The smallest absolute Gasteiger partial charge is 0.252 e. The maximum absolute atomic E-state index is 12.2. The fraction of sp³-hybridized carbons (Fsp3) is 0.471. The second-order valence-corrected chi connectivity index (χ2v) is 5.35. The third-order valence-electron chi connectivity index (χ3n) is 2.99. The van der Waals surface area contributed by atoms with Crippen molar-refractivity contribution in [1.29, 1.82) is 0 Å². The van der Waals surface area contributed by atoms with Crippen molar-refractivity contribution in [2.75, 3.05) is 13.1 Å². The molecule has 1 amide bonds. The van der Waals surface area contributed by atoms with Gasteiger partial charge in [0, 0.05) is 12.1 Å². The number of rotatable bonds is 5. The first kappa shape index (κ1) is 16.3. The molecule has 108 valence electrons. The van der Waals surface area contributed by atoms with Crippen LogP contribution in [-0.2, 0) is 0 Å². The first-order valence-electron chi connectivity index (χ1n) is 7.12. The van der Waals surface area contributed by atoms with E-state index in [9.17, 15) is 4.79 Å². The van der Waals surface area contributed by atoms with Crippen molar-refractivity contribution < 1.29 is 4.79 Å². The third-order valence-corrected chi connectivity index (χ3v) is 2.99. The van der Waals surface area contributed by atoms with Crippen molar-refractivity contribution in [1.82, 2.24) is 5.32 Å². The van der Waals surface area contributed by atoms with E-state index < -0.39 is 0 Å². The quantitative estimate of drug-likeness (QED) is 0.639. The Hall–Kier alpha value is -1.79. The molecule has 0 saturated carbocycles. The first-order chi connectivity index (χ1) is 9.54. The van der Waals surface area contributed by atoms with E-state index in [1.54, 1.807) is 0 Å². The van der Waals surface area contributed by atoms with E-state index >= 15 is 0 Å². The molecule has 1 aromatic carbocycles. The van der Waals surface area contributed by atoms with Gasteiger partial charge in [-0.3, -0.25) is 4.79 Å². The Balaban J connectivity index is 2.72. The SMILES string of the molecule is Cc1ccc(C(=O)NCCCC(C)C)c(C#CCN)c1. The zero-order valence-corrected chi connectivity index (χ0v) is 12.6. The molecule has 3 heteroatoms. The molecule has 0 aliphatic heterocycles. The Morgan fingerprint density at radius 1 is 1.40 bits per heavy atom. The van der Waals surface area contributed by atoms with Crippen molar-refractivity contribution in [3.05, 3.63) is 34.9 Å². The maximum atomic E-state index is 12.2. The topological polar surface area (TPSA) is 55.1 Å². The molecule has 3 nitrogen and oxygen atoms in total. The van der Waals surface area contributed by atoms with Crippen LogP contribution in [0.2, 0.25) is 0 Å². The van der Waals surface area contributed by atoms with Gasteiger partial charge in [0.15, 0.2) is 0 Å². The van der Waals surface area contributed by atoms with Gasteiger partial charge in [-0.05, 0) is 43.4 Å². The Morgan fingerprint density at radius 3 is 2.80 bits per heavy atom. The molecule has 20 heavy (non-hydrogen) atoms. The number of carbonyl (C=O) groups excluding carboxylic acids is 1. The number of aryl methyl sites for hydroxylation is 1. The van der Waals surface area contributed by atoms with Crippen LogP contribution in [0.4, 0.5) is 0 Å². The molecular weight excluding hydrogens is 248 g/mol. The molecule has 0 heterocycles. The van der Waals surface area contributed by atoms with Crippen molar-refractivity contribution in [2.24, 2.45) is 11.7 Å². The number of hydrogen-bond acceptors (Lipinski definition) is 2. The van der Waals surface area contributed by atoms with E-state index in [-0.39, 0.29) is 5.91 Å². The Labute approximate surface area is 121 Å². The molecule has 0 saturated heterocycles. The van der Waals surface area contributed by atoms with E-state index in [1.807, 2.05) is 25.1 Å². The largest absolute Gasteiger partial charge is 0.352 e. The summed E-state index contributed by atoms with van der Waals surface area (Å²) in [7, 11) is 0. The molecule has 0 atom stereocenters. The molecule has 0 aliphatic carbocycles. The van der Waals surface area contributed by atoms with Gasteiger partial charge in [0.1, 0.15) is 0 Å². The number of benzene rings is 1. The van der Waals surface area contributed by atoms with E-state index in [2.05, 4.69) is 31.0 Å². The van der Waals surface area contributed by atoms with Crippen molar-refractivity contribution >= 4 is 5.91 Å². The van der Waals surface area contributed by atoms with E-state index in [1.165, 1.54) is 0 Å².